The zero-order valence-corrected chi connectivity index (χ0v) is 18.3. The number of hydrogen-bond donors (Lipinski definition) is 1. The number of ketones is 1. The lowest BCUT2D eigenvalue weighted by Crippen LogP contribution is -2.42. The van der Waals surface area contributed by atoms with Crippen molar-refractivity contribution in [1.29, 1.82) is 0 Å². The van der Waals surface area contributed by atoms with Crippen molar-refractivity contribution in [2.45, 2.75) is 59.5 Å². The molecule has 0 saturated carbocycles. The molecular formula is C18H31NO5SSi. The molecule has 8 heteroatoms. The minimum absolute atomic E-state index is 0.0886. The second-order valence-electron chi connectivity index (χ2n) is 8.02. The van der Waals surface area contributed by atoms with Crippen molar-refractivity contribution in [3.63, 3.8) is 0 Å². The molecule has 1 N–H and O–H groups in total. The molecule has 0 aliphatic heterocycles. The summed E-state index contributed by atoms with van der Waals surface area (Å²) in [5, 5.41) is 3.23. The Balaban J connectivity index is 2.47. The highest BCUT2D eigenvalue weighted by atomic mass is 32.2. The summed E-state index contributed by atoms with van der Waals surface area (Å²) in [5.41, 5.74) is 0.112. The molecule has 0 heterocycles. The van der Waals surface area contributed by atoms with E-state index in [1.165, 1.54) is 6.92 Å². The van der Waals surface area contributed by atoms with E-state index in [4.69, 9.17) is 9.16 Å². The number of esters is 1. The van der Waals surface area contributed by atoms with Gasteiger partial charge in [-0.05, 0) is 30.5 Å². The van der Waals surface area contributed by atoms with Crippen LogP contribution in [0.3, 0.4) is 0 Å². The van der Waals surface area contributed by atoms with Crippen LogP contribution in [-0.4, -0.2) is 43.8 Å². The van der Waals surface area contributed by atoms with Crippen molar-refractivity contribution >= 4 is 37.7 Å². The average molecular weight is 402 g/mol. The molecule has 6 nitrogen and oxygen atoms in total. The van der Waals surface area contributed by atoms with Gasteiger partial charge in [0.05, 0.1) is 6.42 Å². The molecule has 1 aliphatic carbocycles. The van der Waals surface area contributed by atoms with Crippen LogP contribution in [0.2, 0.25) is 12.6 Å². The Hall–Kier alpha value is -1.28. The molecule has 0 spiro atoms. The Labute approximate surface area is 161 Å². The average Bonchev–Trinajstić information content (AvgIpc) is 2.86. The quantitative estimate of drug-likeness (QED) is 0.262. The van der Waals surface area contributed by atoms with E-state index in [-0.39, 0.29) is 36.2 Å². The van der Waals surface area contributed by atoms with Gasteiger partial charge >= 0.3 is 5.97 Å². The molecule has 0 aromatic heterocycles. The summed E-state index contributed by atoms with van der Waals surface area (Å²) in [4.78, 5) is 34.3. The third kappa shape index (κ3) is 9.42. The summed E-state index contributed by atoms with van der Waals surface area (Å²) >= 11 is 1.66. The predicted octanol–water partition coefficient (Wildman–Crippen LogP) is 3.17. The number of carbonyl (C=O) groups is 3. The third-order valence-electron chi connectivity index (χ3n) is 3.65. The van der Waals surface area contributed by atoms with Crippen LogP contribution in [0.1, 0.15) is 47.0 Å². The molecule has 148 valence electrons. The zero-order chi connectivity index (χ0) is 19.8. The summed E-state index contributed by atoms with van der Waals surface area (Å²) in [5.74, 6) is 0.703. The van der Waals surface area contributed by atoms with Gasteiger partial charge in [-0.2, -0.15) is 11.8 Å². The number of ether oxygens (including phenoxy) is 1. The number of rotatable bonds is 10. The molecule has 0 aromatic carbocycles. The van der Waals surface area contributed by atoms with Crippen LogP contribution in [0.15, 0.2) is 11.8 Å². The van der Waals surface area contributed by atoms with Gasteiger partial charge in [0.1, 0.15) is 5.76 Å². The van der Waals surface area contributed by atoms with E-state index in [1.54, 1.807) is 11.8 Å². The number of carbonyl (C=O) groups excluding carboxylic acids is 3. The summed E-state index contributed by atoms with van der Waals surface area (Å²) in [6, 6.07) is 0.935. The molecule has 1 rings (SSSR count). The topological polar surface area (TPSA) is 81.7 Å². The Morgan fingerprint density at radius 3 is 2.58 bits per heavy atom. The van der Waals surface area contributed by atoms with Crippen LogP contribution >= 0.6 is 11.8 Å². The van der Waals surface area contributed by atoms with Crippen molar-refractivity contribution in [3.05, 3.63) is 11.8 Å². The third-order valence-corrected chi connectivity index (χ3v) is 9.92. The first kappa shape index (κ1) is 22.8. The van der Waals surface area contributed by atoms with Crippen LogP contribution in [0.5, 0.6) is 0 Å². The summed E-state index contributed by atoms with van der Waals surface area (Å²) in [7, 11) is -2.14. The van der Waals surface area contributed by atoms with Crippen LogP contribution < -0.4 is 5.32 Å². The maximum absolute atomic E-state index is 11.9. The molecule has 1 aliphatic rings. The van der Waals surface area contributed by atoms with E-state index in [9.17, 15) is 14.4 Å². The first-order valence-corrected chi connectivity index (χ1v) is 12.9. The Bertz CT molecular complexity index is 558. The monoisotopic (exact) mass is 401 g/mol. The SMILES string of the molecule is CC(=O)NCOC(=O)CCSC[Si](C)(CC(C)(C)C)OC1=CCCC1=O. The van der Waals surface area contributed by atoms with Crippen molar-refractivity contribution in [2.75, 3.05) is 17.9 Å². The summed E-state index contributed by atoms with van der Waals surface area (Å²) in [6.07, 6.45) is 3.50. The van der Waals surface area contributed by atoms with Crippen molar-refractivity contribution < 1.29 is 23.5 Å². The Kier molecular flexibility index (Phi) is 8.89. The lowest BCUT2D eigenvalue weighted by atomic mass is 10.0. The number of Topliss-reactive ketones (excluding diaryl/α,β-unsaturated/α-hetero) is 1. The normalized spacial score (nSPS) is 16.7. The molecule has 1 atom stereocenters. The first-order valence-electron chi connectivity index (χ1n) is 8.91. The Morgan fingerprint density at radius 1 is 1.35 bits per heavy atom. The van der Waals surface area contributed by atoms with Crippen LogP contribution in [0, 0.1) is 5.41 Å². The molecule has 0 aromatic rings. The first-order chi connectivity index (χ1) is 12.0. The van der Waals surface area contributed by atoms with Crippen LogP contribution in [0.25, 0.3) is 0 Å². The highest BCUT2D eigenvalue weighted by molar-refractivity contribution is 8.00. The van der Waals surface area contributed by atoms with Gasteiger partial charge in [0.2, 0.25) is 5.91 Å². The van der Waals surface area contributed by atoms with Crippen molar-refractivity contribution in [2.24, 2.45) is 5.41 Å². The minimum Gasteiger partial charge on any atom is -0.541 e. The van der Waals surface area contributed by atoms with E-state index < -0.39 is 8.32 Å². The largest absolute Gasteiger partial charge is 0.541 e. The number of amides is 1. The van der Waals surface area contributed by atoms with Gasteiger partial charge in [-0.1, -0.05) is 20.8 Å². The van der Waals surface area contributed by atoms with Gasteiger partial charge in [0.25, 0.3) is 8.32 Å². The van der Waals surface area contributed by atoms with Gasteiger partial charge in [-0.3, -0.25) is 14.4 Å². The van der Waals surface area contributed by atoms with Gasteiger partial charge in [0.15, 0.2) is 12.5 Å². The second kappa shape index (κ2) is 10.2. The molecule has 1 amide bonds. The van der Waals surface area contributed by atoms with E-state index in [0.29, 0.717) is 17.9 Å². The fourth-order valence-electron chi connectivity index (χ4n) is 2.91. The van der Waals surface area contributed by atoms with Gasteiger partial charge < -0.3 is 14.5 Å². The van der Waals surface area contributed by atoms with E-state index in [1.807, 2.05) is 6.08 Å². The zero-order valence-electron chi connectivity index (χ0n) is 16.5. The Morgan fingerprint density at radius 2 is 2.04 bits per heavy atom. The molecule has 1 unspecified atom stereocenters. The maximum Gasteiger partial charge on any atom is 0.308 e. The molecule has 0 fully saturated rings. The highest BCUT2D eigenvalue weighted by Gasteiger charge is 2.38. The smallest absolute Gasteiger partial charge is 0.308 e. The standard InChI is InChI=1S/C18H31NO5SSi/c1-14(20)19-12-23-17(22)9-10-25-13-26(5,11-18(2,3)4)24-16-8-6-7-15(16)21/h8H,6-7,9-13H2,1-5H3,(H,19,20). The van der Waals surface area contributed by atoms with E-state index >= 15 is 0 Å². The molecule has 0 bridgehead atoms. The number of thioether (sulfide) groups is 1. The number of hydrogen-bond acceptors (Lipinski definition) is 6. The fourth-order valence-corrected chi connectivity index (χ4v) is 9.21. The van der Waals surface area contributed by atoms with Gasteiger partial charge in [-0.15, -0.1) is 0 Å². The molecule has 0 radical (unpaired) electrons. The summed E-state index contributed by atoms with van der Waals surface area (Å²) in [6.45, 7) is 9.97. The molecular weight excluding hydrogens is 370 g/mol. The van der Waals surface area contributed by atoms with Gasteiger partial charge in [0, 0.05) is 24.5 Å². The van der Waals surface area contributed by atoms with Gasteiger partial charge in [-0.25, -0.2) is 0 Å². The molecule has 0 saturated heterocycles. The highest BCUT2D eigenvalue weighted by Crippen LogP contribution is 2.33. The van der Waals surface area contributed by atoms with E-state index in [2.05, 4.69) is 32.6 Å². The maximum atomic E-state index is 11.9. The van der Waals surface area contributed by atoms with Crippen molar-refractivity contribution in [3.8, 4) is 0 Å². The minimum atomic E-state index is -2.14. The van der Waals surface area contributed by atoms with E-state index in [0.717, 1.165) is 17.8 Å². The van der Waals surface area contributed by atoms with Crippen LogP contribution in [0.4, 0.5) is 0 Å². The second-order valence-corrected chi connectivity index (χ2v) is 13.4. The molecule has 26 heavy (non-hydrogen) atoms. The predicted molar refractivity (Wildman–Crippen MR) is 106 cm³/mol. The lowest BCUT2D eigenvalue weighted by Gasteiger charge is -2.34. The fraction of sp³-hybridized carbons (Fsp3) is 0.722. The lowest BCUT2D eigenvalue weighted by molar-refractivity contribution is -0.144. The summed E-state index contributed by atoms with van der Waals surface area (Å²) < 4.78 is 11.2. The van der Waals surface area contributed by atoms with Crippen LogP contribution in [-0.2, 0) is 23.5 Å². The van der Waals surface area contributed by atoms with Crippen molar-refractivity contribution in [1.82, 2.24) is 5.32 Å². The number of nitrogens with one attached hydrogen (secondary N) is 1. The number of allylic oxidation sites excluding steroid dienone is 2.